The van der Waals surface area contributed by atoms with Gasteiger partial charge in [-0.25, -0.2) is 4.79 Å². The standard InChI is InChI=1S/C12H21N3O8/c1-5(17)9(12(22)23)15-11(21)7(4-16)14-10(20)6(13)2-3-8(18)19/h5-7,9,16-17H,2-4,13H2,1H3,(H,14,20)(H,15,21)(H,18,19)(H,22,23)/t5-,6+,7+,9+/m1/s1. The number of carboxylic acids is 2. The van der Waals surface area contributed by atoms with Gasteiger partial charge in [0.2, 0.25) is 11.8 Å². The molecule has 0 aromatic heterocycles. The quantitative estimate of drug-likeness (QED) is 0.212. The molecule has 0 radical (unpaired) electrons. The summed E-state index contributed by atoms with van der Waals surface area (Å²) in [5.74, 6) is -4.54. The van der Waals surface area contributed by atoms with Crippen molar-refractivity contribution in [2.45, 2.75) is 44.0 Å². The van der Waals surface area contributed by atoms with E-state index in [9.17, 15) is 24.3 Å². The highest BCUT2D eigenvalue weighted by atomic mass is 16.4. The van der Waals surface area contributed by atoms with Crippen LogP contribution in [0.3, 0.4) is 0 Å². The minimum Gasteiger partial charge on any atom is -0.481 e. The Morgan fingerprint density at radius 1 is 1.09 bits per heavy atom. The summed E-state index contributed by atoms with van der Waals surface area (Å²) < 4.78 is 0. The van der Waals surface area contributed by atoms with Crippen molar-refractivity contribution in [1.29, 1.82) is 0 Å². The maximum Gasteiger partial charge on any atom is 0.328 e. The molecule has 11 nitrogen and oxygen atoms in total. The highest BCUT2D eigenvalue weighted by Crippen LogP contribution is 1.98. The van der Waals surface area contributed by atoms with Crippen LogP contribution in [0.25, 0.3) is 0 Å². The lowest BCUT2D eigenvalue weighted by Gasteiger charge is -2.22. The molecule has 0 spiro atoms. The molecule has 0 saturated heterocycles. The van der Waals surface area contributed by atoms with Crippen LogP contribution in [-0.4, -0.2) is 75.0 Å². The first-order chi connectivity index (χ1) is 10.6. The molecule has 0 heterocycles. The van der Waals surface area contributed by atoms with Crippen LogP contribution in [0.15, 0.2) is 0 Å². The molecular weight excluding hydrogens is 314 g/mol. The van der Waals surface area contributed by atoms with E-state index in [4.69, 9.17) is 21.1 Å². The zero-order chi connectivity index (χ0) is 18.2. The molecule has 0 aliphatic carbocycles. The highest BCUT2D eigenvalue weighted by Gasteiger charge is 2.30. The molecular formula is C12H21N3O8. The third-order valence-corrected chi connectivity index (χ3v) is 2.87. The smallest absolute Gasteiger partial charge is 0.328 e. The van der Waals surface area contributed by atoms with Gasteiger partial charge < -0.3 is 36.8 Å². The van der Waals surface area contributed by atoms with Crippen LogP contribution >= 0.6 is 0 Å². The van der Waals surface area contributed by atoms with E-state index in [0.29, 0.717) is 0 Å². The third-order valence-electron chi connectivity index (χ3n) is 2.87. The van der Waals surface area contributed by atoms with Gasteiger partial charge in [-0.1, -0.05) is 0 Å². The molecule has 0 rings (SSSR count). The fourth-order valence-electron chi connectivity index (χ4n) is 1.53. The zero-order valence-electron chi connectivity index (χ0n) is 12.4. The van der Waals surface area contributed by atoms with Gasteiger partial charge in [0.25, 0.3) is 0 Å². The van der Waals surface area contributed by atoms with Gasteiger partial charge in [0.1, 0.15) is 6.04 Å². The van der Waals surface area contributed by atoms with E-state index in [1.54, 1.807) is 0 Å². The van der Waals surface area contributed by atoms with E-state index in [-0.39, 0.29) is 12.8 Å². The van der Waals surface area contributed by atoms with E-state index in [0.717, 1.165) is 6.92 Å². The van der Waals surface area contributed by atoms with Crippen molar-refractivity contribution in [1.82, 2.24) is 10.6 Å². The first-order valence-corrected chi connectivity index (χ1v) is 6.70. The Labute approximate surface area is 131 Å². The molecule has 0 aromatic rings. The fraction of sp³-hybridized carbons (Fsp3) is 0.667. The van der Waals surface area contributed by atoms with Crippen LogP contribution in [0, 0.1) is 0 Å². The summed E-state index contributed by atoms with van der Waals surface area (Å²) in [6.45, 7) is 0.308. The normalized spacial score (nSPS) is 15.8. The van der Waals surface area contributed by atoms with Crippen molar-refractivity contribution in [3.63, 3.8) is 0 Å². The minimum absolute atomic E-state index is 0.174. The Morgan fingerprint density at radius 3 is 2.04 bits per heavy atom. The van der Waals surface area contributed by atoms with Crippen LogP contribution in [0.2, 0.25) is 0 Å². The number of amides is 2. The molecule has 0 aliphatic rings. The van der Waals surface area contributed by atoms with Crippen LogP contribution in [0.5, 0.6) is 0 Å². The number of carboxylic acid groups (broad SMARTS) is 2. The maximum absolute atomic E-state index is 11.8. The third kappa shape index (κ3) is 7.54. The number of nitrogens with two attached hydrogens (primary N) is 1. The largest absolute Gasteiger partial charge is 0.481 e. The van der Waals surface area contributed by atoms with Crippen molar-refractivity contribution >= 4 is 23.8 Å². The summed E-state index contributed by atoms with van der Waals surface area (Å²) in [6.07, 6.45) is -1.93. The van der Waals surface area contributed by atoms with Crippen LogP contribution < -0.4 is 16.4 Å². The van der Waals surface area contributed by atoms with E-state index in [2.05, 4.69) is 5.32 Å². The van der Waals surface area contributed by atoms with Gasteiger partial charge in [-0.2, -0.15) is 0 Å². The molecule has 4 atom stereocenters. The number of nitrogens with one attached hydrogen (secondary N) is 2. The lowest BCUT2D eigenvalue weighted by Crippen LogP contribution is -2.57. The van der Waals surface area contributed by atoms with E-state index < -0.39 is 54.6 Å². The van der Waals surface area contributed by atoms with Crippen molar-refractivity contribution in [2.24, 2.45) is 5.73 Å². The average molecular weight is 335 g/mol. The number of hydrogen-bond acceptors (Lipinski definition) is 7. The Bertz CT molecular complexity index is 454. The second-order valence-corrected chi connectivity index (χ2v) is 4.85. The molecule has 0 fully saturated rings. The summed E-state index contributed by atoms with van der Waals surface area (Å²) in [7, 11) is 0. The predicted octanol–water partition coefficient (Wildman–Crippen LogP) is -3.39. The topological polar surface area (TPSA) is 199 Å². The van der Waals surface area contributed by atoms with Crippen molar-refractivity contribution in [3.8, 4) is 0 Å². The first-order valence-electron chi connectivity index (χ1n) is 6.70. The average Bonchev–Trinajstić information content (AvgIpc) is 2.46. The Kier molecular flexibility index (Phi) is 8.77. The fourth-order valence-corrected chi connectivity index (χ4v) is 1.53. The number of aliphatic hydroxyl groups is 2. The van der Waals surface area contributed by atoms with Gasteiger partial charge in [-0.15, -0.1) is 0 Å². The molecule has 11 heteroatoms. The summed E-state index contributed by atoms with van der Waals surface area (Å²) in [4.78, 5) is 44.8. The number of carbonyl (C=O) groups excluding carboxylic acids is 2. The number of aliphatic carboxylic acids is 2. The number of aliphatic hydroxyl groups excluding tert-OH is 2. The first kappa shape index (κ1) is 20.8. The van der Waals surface area contributed by atoms with E-state index in [1.165, 1.54) is 0 Å². The van der Waals surface area contributed by atoms with Gasteiger partial charge in [-0.05, 0) is 13.3 Å². The Balaban J connectivity index is 4.69. The monoisotopic (exact) mass is 335 g/mol. The highest BCUT2D eigenvalue weighted by molar-refractivity contribution is 5.92. The molecule has 0 unspecified atom stereocenters. The molecule has 0 bridgehead atoms. The summed E-state index contributed by atoms with van der Waals surface area (Å²) in [5, 5.41) is 39.7. The van der Waals surface area contributed by atoms with Crippen molar-refractivity contribution < 1.29 is 39.6 Å². The van der Waals surface area contributed by atoms with Crippen LogP contribution in [-0.2, 0) is 19.2 Å². The van der Waals surface area contributed by atoms with Gasteiger partial charge in [-0.3, -0.25) is 14.4 Å². The molecule has 23 heavy (non-hydrogen) atoms. The second kappa shape index (κ2) is 9.71. The predicted molar refractivity (Wildman–Crippen MR) is 75.1 cm³/mol. The number of rotatable bonds is 10. The van der Waals surface area contributed by atoms with Crippen molar-refractivity contribution in [3.05, 3.63) is 0 Å². The second-order valence-electron chi connectivity index (χ2n) is 4.85. The molecule has 132 valence electrons. The van der Waals surface area contributed by atoms with Gasteiger partial charge in [0.15, 0.2) is 6.04 Å². The maximum atomic E-state index is 11.8. The van der Waals surface area contributed by atoms with Crippen LogP contribution in [0.1, 0.15) is 19.8 Å². The molecule has 8 N–H and O–H groups in total. The van der Waals surface area contributed by atoms with E-state index in [1.807, 2.05) is 5.32 Å². The van der Waals surface area contributed by atoms with Crippen LogP contribution in [0.4, 0.5) is 0 Å². The molecule has 0 aliphatic heterocycles. The van der Waals surface area contributed by atoms with Crippen molar-refractivity contribution in [2.75, 3.05) is 6.61 Å². The summed E-state index contributed by atoms with van der Waals surface area (Å²) in [6, 6.07) is -4.31. The number of hydrogen-bond donors (Lipinski definition) is 7. The summed E-state index contributed by atoms with van der Waals surface area (Å²) in [5.41, 5.74) is 5.44. The minimum atomic E-state index is -1.62. The van der Waals surface area contributed by atoms with Gasteiger partial charge >= 0.3 is 11.9 Å². The van der Waals surface area contributed by atoms with E-state index >= 15 is 0 Å². The lowest BCUT2D eigenvalue weighted by molar-refractivity contribution is -0.145. The zero-order valence-corrected chi connectivity index (χ0v) is 12.4. The lowest BCUT2D eigenvalue weighted by atomic mass is 10.1. The molecule has 0 aromatic carbocycles. The SMILES string of the molecule is C[C@@H](O)[C@H](NC(=O)[C@H](CO)NC(=O)[C@@H](N)CCC(=O)O)C(=O)O. The Hall–Kier alpha value is -2.24. The molecule has 0 saturated carbocycles. The van der Waals surface area contributed by atoms with Gasteiger partial charge in [0, 0.05) is 6.42 Å². The van der Waals surface area contributed by atoms with Gasteiger partial charge in [0.05, 0.1) is 18.8 Å². The number of carbonyl (C=O) groups is 4. The Morgan fingerprint density at radius 2 is 1.65 bits per heavy atom. The molecule has 2 amide bonds. The summed E-state index contributed by atoms with van der Waals surface area (Å²) >= 11 is 0.